The van der Waals surface area contributed by atoms with Crippen LogP contribution in [0.2, 0.25) is 0 Å². The van der Waals surface area contributed by atoms with E-state index in [9.17, 15) is 5.11 Å². The first kappa shape index (κ1) is 12.5. The predicted octanol–water partition coefficient (Wildman–Crippen LogP) is 1.77. The van der Waals surface area contributed by atoms with E-state index < -0.39 is 0 Å². The Kier molecular flexibility index (Phi) is 4.56. The first-order chi connectivity index (χ1) is 7.09. The third-order valence-electron chi connectivity index (χ3n) is 3.25. The molecule has 1 fully saturated rings. The molecular formula is C12H22N2O. The highest BCUT2D eigenvalue weighted by Crippen LogP contribution is 2.27. The third kappa shape index (κ3) is 3.81. The maximum absolute atomic E-state index is 9.22. The van der Waals surface area contributed by atoms with Crippen LogP contribution in [0.15, 0.2) is 0 Å². The van der Waals surface area contributed by atoms with Gasteiger partial charge in [0.15, 0.2) is 0 Å². The number of hydrogen-bond acceptors (Lipinski definition) is 3. The van der Waals surface area contributed by atoms with Crippen LogP contribution in [0.4, 0.5) is 0 Å². The molecule has 0 unspecified atom stereocenters. The fraction of sp³-hybridized carbons (Fsp3) is 0.917. The second kappa shape index (κ2) is 5.48. The zero-order valence-corrected chi connectivity index (χ0v) is 9.87. The van der Waals surface area contributed by atoms with E-state index in [1.165, 1.54) is 6.42 Å². The minimum atomic E-state index is 0.188. The summed E-state index contributed by atoms with van der Waals surface area (Å²) in [4.78, 5) is 2.37. The highest BCUT2D eigenvalue weighted by Gasteiger charge is 2.29. The van der Waals surface area contributed by atoms with Gasteiger partial charge in [0, 0.05) is 19.0 Å². The molecule has 0 aromatic carbocycles. The molecule has 0 amide bonds. The van der Waals surface area contributed by atoms with Crippen LogP contribution in [0.1, 0.15) is 39.5 Å². The lowest BCUT2D eigenvalue weighted by Gasteiger charge is -2.32. The van der Waals surface area contributed by atoms with Crippen LogP contribution in [0.25, 0.3) is 0 Å². The molecule has 1 saturated heterocycles. The van der Waals surface area contributed by atoms with Crippen LogP contribution >= 0.6 is 0 Å². The SMILES string of the molecule is CC(C)(CCC#N)CN1CCC[C@@H]1CO. The summed E-state index contributed by atoms with van der Waals surface area (Å²) in [5.74, 6) is 0. The van der Waals surface area contributed by atoms with E-state index in [0.29, 0.717) is 12.5 Å². The average Bonchev–Trinajstić information content (AvgIpc) is 2.61. The molecule has 0 bridgehead atoms. The van der Waals surface area contributed by atoms with Crippen LogP contribution < -0.4 is 0 Å². The van der Waals surface area contributed by atoms with Crippen molar-refractivity contribution in [2.24, 2.45) is 5.41 Å². The van der Waals surface area contributed by atoms with Gasteiger partial charge in [-0.2, -0.15) is 5.26 Å². The van der Waals surface area contributed by atoms with Crippen LogP contribution in [-0.4, -0.2) is 35.7 Å². The maximum atomic E-state index is 9.22. The van der Waals surface area contributed by atoms with Gasteiger partial charge in [-0.1, -0.05) is 13.8 Å². The van der Waals surface area contributed by atoms with E-state index in [0.717, 1.165) is 25.9 Å². The maximum Gasteiger partial charge on any atom is 0.0621 e. The number of nitrogens with zero attached hydrogens (tertiary/aromatic N) is 2. The molecular weight excluding hydrogens is 188 g/mol. The average molecular weight is 210 g/mol. The van der Waals surface area contributed by atoms with Gasteiger partial charge in [0.2, 0.25) is 0 Å². The third-order valence-corrected chi connectivity index (χ3v) is 3.25. The Balaban J connectivity index is 2.42. The summed E-state index contributed by atoms with van der Waals surface area (Å²) < 4.78 is 0. The van der Waals surface area contributed by atoms with Crippen molar-refractivity contribution in [3.05, 3.63) is 0 Å². The lowest BCUT2D eigenvalue weighted by molar-refractivity contribution is 0.114. The van der Waals surface area contributed by atoms with E-state index in [4.69, 9.17) is 5.26 Å². The molecule has 0 aromatic rings. The normalized spacial score (nSPS) is 22.9. The largest absolute Gasteiger partial charge is 0.395 e. The van der Waals surface area contributed by atoms with Gasteiger partial charge in [0.05, 0.1) is 12.7 Å². The van der Waals surface area contributed by atoms with Crippen molar-refractivity contribution in [2.75, 3.05) is 19.7 Å². The fourth-order valence-electron chi connectivity index (χ4n) is 2.33. The number of nitriles is 1. The highest BCUT2D eigenvalue weighted by atomic mass is 16.3. The van der Waals surface area contributed by atoms with E-state index in [1.54, 1.807) is 0 Å². The Labute approximate surface area is 92.7 Å². The van der Waals surface area contributed by atoms with E-state index >= 15 is 0 Å². The standard InChI is InChI=1S/C12H22N2O/c1-12(2,6-4-7-13)10-14-8-3-5-11(14)9-15/h11,15H,3-6,8-10H2,1-2H3/t11-/m1/s1. The van der Waals surface area contributed by atoms with Gasteiger partial charge in [0.25, 0.3) is 0 Å². The summed E-state index contributed by atoms with van der Waals surface area (Å²) >= 11 is 0. The van der Waals surface area contributed by atoms with Crippen LogP contribution in [0, 0.1) is 16.7 Å². The Morgan fingerprint density at radius 2 is 2.27 bits per heavy atom. The second-order valence-corrected chi connectivity index (χ2v) is 5.27. The number of hydrogen-bond donors (Lipinski definition) is 1. The van der Waals surface area contributed by atoms with Crippen molar-refractivity contribution in [3.8, 4) is 6.07 Å². The number of aliphatic hydroxyl groups is 1. The predicted molar refractivity (Wildman–Crippen MR) is 60.3 cm³/mol. The van der Waals surface area contributed by atoms with Crippen molar-refractivity contribution in [1.29, 1.82) is 5.26 Å². The van der Waals surface area contributed by atoms with Crippen LogP contribution in [-0.2, 0) is 0 Å². The van der Waals surface area contributed by atoms with Crippen LogP contribution in [0.3, 0.4) is 0 Å². The molecule has 1 aliphatic heterocycles. The van der Waals surface area contributed by atoms with Gasteiger partial charge in [0.1, 0.15) is 0 Å². The van der Waals surface area contributed by atoms with Gasteiger partial charge < -0.3 is 5.11 Å². The molecule has 3 nitrogen and oxygen atoms in total. The summed E-state index contributed by atoms with van der Waals surface area (Å²) in [6, 6.07) is 2.56. The van der Waals surface area contributed by atoms with E-state index in [2.05, 4.69) is 24.8 Å². The molecule has 86 valence electrons. The molecule has 0 radical (unpaired) electrons. The summed E-state index contributed by atoms with van der Waals surface area (Å²) in [5.41, 5.74) is 0.188. The van der Waals surface area contributed by atoms with Crippen molar-refractivity contribution in [2.45, 2.75) is 45.6 Å². The molecule has 0 aliphatic carbocycles. The van der Waals surface area contributed by atoms with Crippen molar-refractivity contribution >= 4 is 0 Å². The minimum absolute atomic E-state index is 0.188. The summed E-state index contributed by atoms with van der Waals surface area (Å²) in [7, 11) is 0. The topological polar surface area (TPSA) is 47.3 Å². The lowest BCUT2D eigenvalue weighted by Crippen LogP contribution is -2.39. The molecule has 3 heteroatoms. The van der Waals surface area contributed by atoms with Gasteiger partial charge in [-0.05, 0) is 31.2 Å². The van der Waals surface area contributed by atoms with Crippen LogP contribution in [0.5, 0.6) is 0 Å². The molecule has 1 aliphatic rings. The fourth-order valence-corrected chi connectivity index (χ4v) is 2.33. The molecule has 1 heterocycles. The van der Waals surface area contributed by atoms with Crippen molar-refractivity contribution in [1.82, 2.24) is 4.90 Å². The zero-order valence-electron chi connectivity index (χ0n) is 9.87. The summed E-state index contributed by atoms with van der Waals surface area (Å²) in [6.45, 7) is 6.78. The Hall–Kier alpha value is -0.590. The second-order valence-electron chi connectivity index (χ2n) is 5.27. The number of aliphatic hydroxyl groups excluding tert-OH is 1. The minimum Gasteiger partial charge on any atom is -0.395 e. The molecule has 1 rings (SSSR count). The number of likely N-dealkylation sites (tertiary alicyclic amines) is 1. The first-order valence-electron chi connectivity index (χ1n) is 5.81. The van der Waals surface area contributed by atoms with E-state index in [-0.39, 0.29) is 12.0 Å². The number of rotatable bonds is 5. The quantitative estimate of drug-likeness (QED) is 0.752. The van der Waals surface area contributed by atoms with E-state index in [1.807, 2.05) is 0 Å². The molecule has 0 spiro atoms. The highest BCUT2D eigenvalue weighted by molar-refractivity contribution is 4.85. The van der Waals surface area contributed by atoms with Crippen molar-refractivity contribution < 1.29 is 5.11 Å². The molecule has 1 atom stereocenters. The Bertz CT molecular complexity index is 232. The molecule has 1 N–H and O–H groups in total. The van der Waals surface area contributed by atoms with Gasteiger partial charge in [-0.25, -0.2) is 0 Å². The molecule has 15 heavy (non-hydrogen) atoms. The first-order valence-corrected chi connectivity index (χ1v) is 5.81. The summed E-state index contributed by atoms with van der Waals surface area (Å²) in [6.07, 6.45) is 3.88. The molecule has 0 saturated carbocycles. The van der Waals surface area contributed by atoms with Gasteiger partial charge >= 0.3 is 0 Å². The summed E-state index contributed by atoms with van der Waals surface area (Å²) in [5, 5.41) is 17.8. The monoisotopic (exact) mass is 210 g/mol. The smallest absolute Gasteiger partial charge is 0.0621 e. The Morgan fingerprint density at radius 1 is 1.53 bits per heavy atom. The van der Waals surface area contributed by atoms with Gasteiger partial charge in [-0.15, -0.1) is 0 Å². The zero-order chi connectivity index (χ0) is 11.3. The van der Waals surface area contributed by atoms with Gasteiger partial charge in [-0.3, -0.25) is 4.90 Å². The Morgan fingerprint density at radius 3 is 2.87 bits per heavy atom. The van der Waals surface area contributed by atoms with Crippen molar-refractivity contribution in [3.63, 3.8) is 0 Å². The molecule has 0 aromatic heterocycles. The lowest BCUT2D eigenvalue weighted by atomic mass is 9.87.